The molecule has 2 rings (SSSR count). The van der Waals surface area contributed by atoms with E-state index in [0.717, 1.165) is 17.7 Å². The second-order valence-corrected chi connectivity index (χ2v) is 5.34. The molecule has 0 heterocycles. The van der Waals surface area contributed by atoms with Crippen LogP contribution in [-0.4, -0.2) is 6.61 Å². The minimum absolute atomic E-state index is 0.0983. The highest BCUT2D eigenvalue weighted by atomic mass is 16.5. The largest absolute Gasteiger partial charge is 0.492 e. The number of hydrogen-bond acceptors (Lipinski definition) is 2. The van der Waals surface area contributed by atoms with Crippen LogP contribution in [0.15, 0.2) is 42.5 Å². The highest BCUT2D eigenvalue weighted by molar-refractivity contribution is 5.31. The Labute approximate surface area is 121 Å². The van der Waals surface area contributed by atoms with E-state index in [2.05, 4.69) is 51.1 Å². The lowest BCUT2D eigenvalue weighted by Crippen LogP contribution is -2.19. The second kappa shape index (κ2) is 6.58. The first-order chi connectivity index (χ1) is 9.58. The lowest BCUT2D eigenvalue weighted by atomic mass is 10.0. The van der Waals surface area contributed by atoms with Gasteiger partial charge in [0.15, 0.2) is 0 Å². The van der Waals surface area contributed by atoms with Crippen molar-refractivity contribution in [2.24, 2.45) is 5.73 Å². The van der Waals surface area contributed by atoms with Gasteiger partial charge in [0, 0.05) is 0 Å². The van der Waals surface area contributed by atoms with Gasteiger partial charge in [-0.1, -0.05) is 48.4 Å². The molecule has 0 radical (unpaired) electrons. The zero-order valence-electron chi connectivity index (χ0n) is 12.5. The Balaban J connectivity index is 2.02. The molecular formula is C18H23NO. The molecule has 2 nitrogen and oxygen atoms in total. The van der Waals surface area contributed by atoms with E-state index in [1.807, 2.05) is 12.1 Å². The Morgan fingerprint density at radius 3 is 2.40 bits per heavy atom. The predicted octanol–water partition coefficient (Wildman–Crippen LogP) is 3.94. The Morgan fingerprint density at radius 1 is 1.05 bits per heavy atom. The highest BCUT2D eigenvalue weighted by Crippen LogP contribution is 2.18. The molecule has 0 aromatic heterocycles. The molecule has 0 amide bonds. The zero-order chi connectivity index (χ0) is 14.5. The van der Waals surface area contributed by atoms with E-state index in [1.165, 1.54) is 16.7 Å². The quantitative estimate of drug-likeness (QED) is 0.892. The summed E-state index contributed by atoms with van der Waals surface area (Å²) in [4.78, 5) is 0. The molecule has 20 heavy (non-hydrogen) atoms. The van der Waals surface area contributed by atoms with Crippen LogP contribution in [0.2, 0.25) is 0 Å². The average Bonchev–Trinajstić information content (AvgIpc) is 2.44. The van der Waals surface area contributed by atoms with Gasteiger partial charge < -0.3 is 10.5 Å². The molecule has 0 saturated heterocycles. The Hall–Kier alpha value is -1.80. The highest BCUT2D eigenvalue weighted by Gasteiger charge is 2.08. The molecule has 1 atom stereocenters. The van der Waals surface area contributed by atoms with E-state index in [0.29, 0.717) is 6.61 Å². The summed E-state index contributed by atoms with van der Waals surface area (Å²) in [7, 11) is 0. The first-order valence-electron chi connectivity index (χ1n) is 7.14. The van der Waals surface area contributed by atoms with Crippen LogP contribution < -0.4 is 10.5 Å². The maximum absolute atomic E-state index is 6.23. The van der Waals surface area contributed by atoms with Gasteiger partial charge in [-0.2, -0.15) is 0 Å². The molecule has 2 N–H and O–H groups in total. The van der Waals surface area contributed by atoms with Crippen molar-refractivity contribution < 1.29 is 4.74 Å². The third kappa shape index (κ3) is 3.84. The number of benzene rings is 2. The normalized spacial score (nSPS) is 12.2. The van der Waals surface area contributed by atoms with Gasteiger partial charge in [0.2, 0.25) is 0 Å². The lowest BCUT2D eigenvalue weighted by molar-refractivity contribution is 0.290. The Morgan fingerprint density at radius 2 is 1.75 bits per heavy atom. The van der Waals surface area contributed by atoms with Gasteiger partial charge in [0.1, 0.15) is 12.4 Å². The molecule has 0 bridgehead atoms. The van der Waals surface area contributed by atoms with Crippen molar-refractivity contribution in [2.75, 3.05) is 6.61 Å². The maximum Gasteiger partial charge on any atom is 0.119 e. The van der Waals surface area contributed by atoms with Crippen LogP contribution in [0.3, 0.4) is 0 Å². The van der Waals surface area contributed by atoms with Gasteiger partial charge in [-0.05, 0) is 43.5 Å². The van der Waals surface area contributed by atoms with Gasteiger partial charge in [-0.3, -0.25) is 0 Å². The lowest BCUT2D eigenvalue weighted by Gasteiger charge is -2.15. The van der Waals surface area contributed by atoms with Crippen molar-refractivity contribution in [1.82, 2.24) is 0 Å². The summed E-state index contributed by atoms with van der Waals surface area (Å²) in [6, 6.07) is 14.5. The Kier molecular flexibility index (Phi) is 4.80. The summed E-state index contributed by atoms with van der Waals surface area (Å²) in [5, 5.41) is 0. The molecule has 2 aromatic carbocycles. The molecular weight excluding hydrogens is 246 g/mol. The van der Waals surface area contributed by atoms with E-state index in [4.69, 9.17) is 10.5 Å². The number of hydrogen-bond donors (Lipinski definition) is 1. The van der Waals surface area contributed by atoms with Gasteiger partial charge in [0.05, 0.1) is 6.04 Å². The molecule has 106 valence electrons. The minimum atomic E-state index is -0.0983. The first kappa shape index (κ1) is 14.6. The first-order valence-corrected chi connectivity index (χ1v) is 7.14. The van der Waals surface area contributed by atoms with Crippen molar-refractivity contribution in [3.63, 3.8) is 0 Å². The van der Waals surface area contributed by atoms with E-state index in [-0.39, 0.29) is 6.04 Å². The number of ether oxygens (including phenoxy) is 1. The summed E-state index contributed by atoms with van der Waals surface area (Å²) in [6.07, 6.45) is 1.01. The monoisotopic (exact) mass is 269 g/mol. The van der Waals surface area contributed by atoms with Crippen molar-refractivity contribution in [3.8, 4) is 5.75 Å². The van der Waals surface area contributed by atoms with Crippen LogP contribution >= 0.6 is 0 Å². The topological polar surface area (TPSA) is 35.2 Å². The van der Waals surface area contributed by atoms with E-state index in [9.17, 15) is 0 Å². The molecule has 0 saturated carbocycles. The van der Waals surface area contributed by atoms with Crippen LogP contribution in [-0.2, 0) is 6.42 Å². The van der Waals surface area contributed by atoms with Crippen LogP contribution in [0.25, 0.3) is 0 Å². The fraction of sp³-hybridized carbons (Fsp3) is 0.333. The van der Waals surface area contributed by atoms with E-state index < -0.39 is 0 Å². The van der Waals surface area contributed by atoms with Crippen molar-refractivity contribution in [3.05, 3.63) is 64.7 Å². The van der Waals surface area contributed by atoms with Gasteiger partial charge in [0.25, 0.3) is 0 Å². The minimum Gasteiger partial charge on any atom is -0.492 e. The van der Waals surface area contributed by atoms with Gasteiger partial charge in [-0.15, -0.1) is 0 Å². The molecule has 0 aliphatic rings. The second-order valence-electron chi connectivity index (χ2n) is 5.34. The third-order valence-electron chi connectivity index (χ3n) is 3.41. The zero-order valence-corrected chi connectivity index (χ0v) is 12.5. The molecule has 2 heteroatoms. The SMILES string of the molecule is CCc1cccc(OCC(N)c2cc(C)cc(C)c2)c1. The molecule has 0 spiro atoms. The maximum atomic E-state index is 6.23. The molecule has 0 aliphatic carbocycles. The fourth-order valence-corrected chi connectivity index (χ4v) is 2.36. The van der Waals surface area contributed by atoms with Crippen molar-refractivity contribution >= 4 is 0 Å². The van der Waals surface area contributed by atoms with E-state index in [1.54, 1.807) is 0 Å². The number of aryl methyl sites for hydroxylation is 3. The molecule has 0 aliphatic heterocycles. The molecule has 0 fully saturated rings. The summed E-state index contributed by atoms with van der Waals surface area (Å²) in [5.41, 5.74) is 11.1. The van der Waals surface area contributed by atoms with Crippen molar-refractivity contribution in [2.45, 2.75) is 33.2 Å². The standard InChI is InChI=1S/C18H23NO/c1-4-15-6-5-7-17(11-15)20-12-18(19)16-9-13(2)8-14(3)10-16/h5-11,18H,4,12,19H2,1-3H3. The summed E-state index contributed by atoms with van der Waals surface area (Å²) in [6.45, 7) is 6.82. The average molecular weight is 269 g/mol. The van der Waals surface area contributed by atoms with E-state index >= 15 is 0 Å². The van der Waals surface area contributed by atoms with Crippen LogP contribution in [0.5, 0.6) is 5.75 Å². The molecule has 2 aromatic rings. The fourth-order valence-electron chi connectivity index (χ4n) is 2.36. The van der Waals surface area contributed by atoms with Crippen LogP contribution in [0.1, 0.15) is 35.2 Å². The Bertz CT molecular complexity index is 557. The smallest absolute Gasteiger partial charge is 0.119 e. The summed E-state index contributed by atoms with van der Waals surface area (Å²) in [5.74, 6) is 0.893. The summed E-state index contributed by atoms with van der Waals surface area (Å²) < 4.78 is 5.82. The predicted molar refractivity (Wildman–Crippen MR) is 84.2 cm³/mol. The van der Waals surface area contributed by atoms with Crippen molar-refractivity contribution in [1.29, 1.82) is 0 Å². The van der Waals surface area contributed by atoms with Crippen LogP contribution in [0, 0.1) is 13.8 Å². The summed E-state index contributed by atoms with van der Waals surface area (Å²) >= 11 is 0. The van der Waals surface area contributed by atoms with Crippen LogP contribution in [0.4, 0.5) is 0 Å². The third-order valence-corrected chi connectivity index (χ3v) is 3.41. The number of rotatable bonds is 5. The van der Waals surface area contributed by atoms with Gasteiger partial charge in [-0.25, -0.2) is 0 Å². The van der Waals surface area contributed by atoms with Gasteiger partial charge >= 0.3 is 0 Å². The molecule has 1 unspecified atom stereocenters. The number of nitrogens with two attached hydrogens (primary N) is 1.